The Balaban J connectivity index is 1.57. The third-order valence-electron chi connectivity index (χ3n) is 5.04. The average molecular weight is 313 g/mol. The molecular formula is C23H23N. The molecule has 0 radical (unpaired) electrons. The van der Waals surface area contributed by atoms with Gasteiger partial charge in [0.05, 0.1) is 6.04 Å². The largest absolute Gasteiger partial charge is 0.364 e. The number of rotatable bonds is 3. The molecule has 0 bridgehead atoms. The van der Waals surface area contributed by atoms with Gasteiger partial charge in [0.25, 0.3) is 0 Å². The van der Waals surface area contributed by atoms with Gasteiger partial charge >= 0.3 is 0 Å². The van der Waals surface area contributed by atoms with Crippen molar-refractivity contribution < 1.29 is 0 Å². The first kappa shape index (κ1) is 15.0. The summed E-state index contributed by atoms with van der Waals surface area (Å²) >= 11 is 0. The summed E-state index contributed by atoms with van der Waals surface area (Å²) < 4.78 is 0. The molecule has 0 amide bonds. The lowest BCUT2D eigenvalue weighted by Crippen LogP contribution is -2.35. The topological polar surface area (TPSA) is 3.24 Å². The van der Waals surface area contributed by atoms with Crippen LogP contribution in [-0.2, 0) is 0 Å². The van der Waals surface area contributed by atoms with Crippen LogP contribution < -0.4 is 0 Å². The highest BCUT2D eigenvalue weighted by Gasteiger charge is 2.27. The van der Waals surface area contributed by atoms with Crippen LogP contribution in [0.4, 0.5) is 0 Å². The Morgan fingerprint density at radius 3 is 2.38 bits per heavy atom. The molecule has 24 heavy (non-hydrogen) atoms. The van der Waals surface area contributed by atoms with E-state index < -0.39 is 0 Å². The van der Waals surface area contributed by atoms with Gasteiger partial charge in [-0.1, -0.05) is 78.9 Å². The molecule has 2 aromatic carbocycles. The van der Waals surface area contributed by atoms with E-state index >= 15 is 0 Å². The second-order valence-electron chi connectivity index (χ2n) is 6.56. The second-order valence-corrected chi connectivity index (χ2v) is 6.56. The summed E-state index contributed by atoms with van der Waals surface area (Å²) in [5.41, 5.74) is 4.23. The van der Waals surface area contributed by atoms with Crippen molar-refractivity contribution in [3.05, 3.63) is 102 Å². The molecule has 2 aliphatic rings. The van der Waals surface area contributed by atoms with E-state index in [2.05, 4.69) is 96.1 Å². The van der Waals surface area contributed by atoms with Crippen molar-refractivity contribution in [1.29, 1.82) is 0 Å². The van der Waals surface area contributed by atoms with Crippen LogP contribution >= 0.6 is 0 Å². The fourth-order valence-electron chi connectivity index (χ4n) is 3.82. The number of hydrogen-bond donors (Lipinski definition) is 0. The van der Waals surface area contributed by atoms with Crippen molar-refractivity contribution >= 4 is 5.57 Å². The van der Waals surface area contributed by atoms with E-state index in [1.165, 1.54) is 23.1 Å². The minimum absolute atomic E-state index is 0.344. The molecule has 0 fully saturated rings. The summed E-state index contributed by atoms with van der Waals surface area (Å²) in [6, 6.07) is 22.5. The molecule has 0 spiro atoms. The summed E-state index contributed by atoms with van der Waals surface area (Å²) in [5.74, 6) is 0. The third kappa shape index (κ3) is 3.07. The molecule has 4 rings (SSSR count). The van der Waals surface area contributed by atoms with Crippen LogP contribution in [0.1, 0.15) is 36.4 Å². The van der Waals surface area contributed by atoms with Crippen molar-refractivity contribution in [2.24, 2.45) is 0 Å². The fraction of sp³-hybridized carbons (Fsp3) is 0.217. The Bertz CT molecular complexity index is 755. The van der Waals surface area contributed by atoms with Gasteiger partial charge in [-0.3, -0.25) is 0 Å². The Labute approximate surface area is 144 Å². The number of hydrogen-bond acceptors (Lipinski definition) is 1. The lowest BCUT2D eigenvalue weighted by molar-refractivity contribution is 0.222. The van der Waals surface area contributed by atoms with E-state index in [0.717, 1.165) is 12.8 Å². The van der Waals surface area contributed by atoms with Gasteiger partial charge < -0.3 is 4.90 Å². The summed E-state index contributed by atoms with van der Waals surface area (Å²) in [6.07, 6.45) is 14.8. The zero-order valence-electron chi connectivity index (χ0n) is 13.9. The fourth-order valence-corrected chi connectivity index (χ4v) is 3.82. The summed E-state index contributed by atoms with van der Waals surface area (Å²) in [7, 11) is 0. The van der Waals surface area contributed by atoms with E-state index in [4.69, 9.17) is 0 Å². The van der Waals surface area contributed by atoms with Crippen LogP contribution in [0.3, 0.4) is 0 Å². The van der Waals surface area contributed by atoms with Crippen LogP contribution in [0.25, 0.3) is 5.57 Å². The lowest BCUT2D eigenvalue weighted by Gasteiger charge is -2.40. The van der Waals surface area contributed by atoms with Gasteiger partial charge in [0, 0.05) is 12.2 Å². The van der Waals surface area contributed by atoms with Gasteiger partial charge in [0.2, 0.25) is 0 Å². The molecule has 0 saturated heterocycles. The van der Waals surface area contributed by atoms with Crippen molar-refractivity contribution in [1.82, 2.24) is 4.90 Å². The smallest absolute Gasteiger partial charge is 0.0727 e. The van der Waals surface area contributed by atoms with Crippen molar-refractivity contribution in [2.75, 3.05) is 0 Å². The molecule has 1 heteroatoms. The first-order chi connectivity index (χ1) is 11.9. The molecule has 0 aromatic heterocycles. The molecule has 0 saturated carbocycles. The quantitative estimate of drug-likeness (QED) is 0.697. The molecule has 1 heterocycles. The van der Waals surface area contributed by atoms with Gasteiger partial charge in [-0.05, 0) is 42.0 Å². The van der Waals surface area contributed by atoms with Crippen molar-refractivity contribution in [3.8, 4) is 0 Å². The van der Waals surface area contributed by atoms with Crippen LogP contribution in [0, 0.1) is 0 Å². The van der Waals surface area contributed by atoms with E-state index in [-0.39, 0.29) is 0 Å². The predicted molar refractivity (Wildman–Crippen MR) is 101 cm³/mol. The highest BCUT2D eigenvalue weighted by Crippen LogP contribution is 2.35. The SMILES string of the molecule is C1=CC(c2ccccc2)N(C2CCC=C(c3ccccc3)C2)C=C1. The number of benzene rings is 2. The Morgan fingerprint density at radius 1 is 0.833 bits per heavy atom. The van der Waals surface area contributed by atoms with Crippen molar-refractivity contribution in [2.45, 2.75) is 31.3 Å². The first-order valence-corrected chi connectivity index (χ1v) is 8.83. The van der Waals surface area contributed by atoms with Crippen LogP contribution in [0.5, 0.6) is 0 Å². The number of nitrogens with zero attached hydrogens (tertiary/aromatic N) is 1. The molecular weight excluding hydrogens is 290 g/mol. The molecule has 1 aliphatic heterocycles. The predicted octanol–water partition coefficient (Wildman–Crippen LogP) is 5.75. The monoisotopic (exact) mass is 313 g/mol. The maximum Gasteiger partial charge on any atom is 0.0727 e. The standard InChI is InChI=1S/C23H23N/c1-3-10-19(11-4-1)21-14-9-15-22(18-21)24-17-8-7-16-23(24)20-12-5-2-6-13-20/h1-8,10-14,16-17,22-23H,9,15,18H2. The molecule has 0 N–H and O–H groups in total. The zero-order chi connectivity index (χ0) is 16.2. The summed E-state index contributed by atoms with van der Waals surface area (Å²) in [4.78, 5) is 2.55. The Morgan fingerprint density at radius 2 is 1.58 bits per heavy atom. The van der Waals surface area contributed by atoms with Crippen LogP contribution in [-0.4, -0.2) is 10.9 Å². The number of allylic oxidation sites excluding steroid dienone is 3. The van der Waals surface area contributed by atoms with Gasteiger partial charge in [0.1, 0.15) is 0 Å². The van der Waals surface area contributed by atoms with E-state index in [1.807, 2.05) is 0 Å². The molecule has 2 atom stereocenters. The van der Waals surface area contributed by atoms with Crippen LogP contribution in [0.15, 0.2) is 91.2 Å². The highest BCUT2D eigenvalue weighted by atomic mass is 15.2. The Kier molecular flexibility index (Phi) is 4.33. The maximum absolute atomic E-state index is 2.55. The lowest BCUT2D eigenvalue weighted by atomic mass is 9.87. The van der Waals surface area contributed by atoms with Gasteiger partial charge in [-0.25, -0.2) is 0 Å². The third-order valence-corrected chi connectivity index (χ3v) is 5.04. The summed E-state index contributed by atoms with van der Waals surface area (Å²) in [6.45, 7) is 0. The van der Waals surface area contributed by atoms with E-state index in [1.54, 1.807) is 0 Å². The summed E-state index contributed by atoms with van der Waals surface area (Å²) in [5, 5.41) is 0. The normalized spacial score (nSPS) is 23.2. The second kappa shape index (κ2) is 6.92. The van der Waals surface area contributed by atoms with E-state index in [0.29, 0.717) is 12.1 Å². The molecule has 120 valence electrons. The van der Waals surface area contributed by atoms with Gasteiger partial charge in [0.15, 0.2) is 0 Å². The maximum atomic E-state index is 2.55. The van der Waals surface area contributed by atoms with Crippen LogP contribution in [0.2, 0.25) is 0 Å². The van der Waals surface area contributed by atoms with Gasteiger partial charge in [-0.15, -0.1) is 0 Å². The zero-order valence-corrected chi connectivity index (χ0v) is 13.9. The minimum atomic E-state index is 0.344. The molecule has 2 unspecified atom stereocenters. The molecule has 2 aromatic rings. The van der Waals surface area contributed by atoms with Gasteiger partial charge in [-0.2, -0.15) is 0 Å². The van der Waals surface area contributed by atoms with E-state index in [9.17, 15) is 0 Å². The average Bonchev–Trinajstić information content (AvgIpc) is 2.69. The Hall–Kier alpha value is -2.54. The molecule has 1 aliphatic carbocycles. The van der Waals surface area contributed by atoms with Crippen molar-refractivity contribution in [3.63, 3.8) is 0 Å². The highest BCUT2D eigenvalue weighted by molar-refractivity contribution is 5.66. The first-order valence-electron chi connectivity index (χ1n) is 8.83. The minimum Gasteiger partial charge on any atom is -0.364 e. The molecule has 1 nitrogen and oxygen atoms in total.